The second kappa shape index (κ2) is 4.05. The average molecular weight is 219 g/mol. The van der Waals surface area contributed by atoms with Crippen LogP contribution in [0.15, 0.2) is 29.3 Å². The Bertz CT molecular complexity index is 424. The van der Waals surface area contributed by atoms with Crippen LogP contribution in [-0.2, 0) is 6.54 Å². The third-order valence-corrected chi connectivity index (χ3v) is 2.94. The van der Waals surface area contributed by atoms with Crippen molar-refractivity contribution >= 4 is 0 Å². The van der Waals surface area contributed by atoms with Crippen LogP contribution in [0.1, 0.15) is 18.2 Å². The normalized spacial score (nSPS) is 21.6. The Morgan fingerprint density at radius 1 is 1.50 bits per heavy atom. The van der Waals surface area contributed by atoms with Gasteiger partial charge in [-0.3, -0.25) is 9.58 Å². The lowest BCUT2D eigenvalue weighted by molar-refractivity contribution is 0.278. The van der Waals surface area contributed by atoms with Gasteiger partial charge in [0.25, 0.3) is 0 Å². The third-order valence-electron chi connectivity index (χ3n) is 2.94. The Hall–Kier alpha value is -1.69. The second-order valence-electron chi connectivity index (χ2n) is 4.06. The monoisotopic (exact) mass is 219 g/mol. The van der Waals surface area contributed by atoms with Crippen LogP contribution in [-0.4, -0.2) is 38.1 Å². The minimum atomic E-state index is 0.481. The van der Waals surface area contributed by atoms with E-state index in [4.69, 9.17) is 0 Å². The van der Waals surface area contributed by atoms with Crippen molar-refractivity contribution < 1.29 is 4.63 Å². The van der Waals surface area contributed by atoms with E-state index >= 15 is 0 Å². The summed E-state index contributed by atoms with van der Waals surface area (Å²) in [5, 5.41) is 11.7. The summed E-state index contributed by atoms with van der Waals surface area (Å²) < 4.78 is 6.61. The van der Waals surface area contributed by atoms with Crippen molar-refractivity contribution in [2.45, 2.75) is 19.0 Å². The van der Waals surface area contributed by atoms with E-state index < -0.39 is 0 Å². The van der Waals surface area contributed by atoms with Crippen LogP contribution in [0.4, 0.5) is 0 Å². The highest BCUT2D eigenvalue weighted by Gasteiger charge is 2.24. The summed E-state index contributed by atoms with van der Waals surface area (Å²) in [6, 6.07) is 2.44. The molecule has 16 heavy (non-hydrogen) atoms. The number of nitrogens with zero attached hydrogens (tertiary/aromatic N) is 5. The second-order valence-corrected chi connectivity index (χ2v) is 4.06. The summed E-state index contributed by atoms with van der Waals surface area (Å²) in [6.45, 7) is 2.88. The fourth-order valence-electron chi connectivity index (χ4n) is 2.15. The highest BCUT2D eigenvalue weighted by Crippen LogP contribution is 2.21. The zero-order valence-electron chi connectivity index (χ0n) is 8.86. The maximum absolute atomic E-state index is 4.58. The zero-order chi connectivity index (χ0) is 10.8. The van der Waals surface area contributed by atoms with Gasteiger partial charge in [0.2, 0.25) is 0 Å². The summed E-state index contributed by atoms with van der Waals surface area (Å²) in [6.07, 6.45) is 6.64. The lowest BCUT2D eigenvalue weighted by Gasteiger charge is -2.14. The molecule has 6 nitrogen and oxygen atoms in total. The van der Waals surface area contributed by atoms with Gasteiger partial charge in [-0.25, -0.2) is 4.63 Å². The molecule has 0 radical (unpaired) electrons. The van der Waals surface area contributed by atoms with Crippen LogP contribution in [0.3, 0.4) is 0 Å². The van der Waals surface area contributed by atoms with Crippen molar-refractivity contribution in [2.24, 2.45) is 0 Å². The van der Waals surface area contributed by atoms with Crippen molar-refractivity contribution in [1.82, 2.24) is 25.0 Å². The van der Waals surface area contributed by atoms with Gasteiger partial charge in [0.15, 0.2) is 0 Å². The van der Waals surface area contributed by atoms with Crippen molar-refractivity contribution in [2.75, 3.05) is 13.1 Å². The topological polar surface area (TPSA) is 60.0 Å². The first-order valence-electron chi connectivity index (χ1n) is 5.40. The molecule has 1 aliphatic rings. The summed E-state index contributed by atoms with van der Waals surface area (Å²) in [5.41, 5.74) is 0.890. The number of hydrogen-bond acceptors (Lipinski definition) is 5. The summed E-state index contributed by atoms with van der Waals surface area (Å²) in [5.74, 6) is 0. The van der Waals surface area contributed by atoms with Crippen molar-refractivity contribution in [3.63, 3.8) is 0 Å². The molecule has 84 valence electrons. The van der Waals surface area contributed by atoms with E-state index in [0.29, 0.717) is 6.04 Å². The van der Waals surface area contributed by atoms with Crippen LogP contribution in [0.5, 0.6) is 0 Å². The molecule has 0 spiro atoms. The molecule has 1 saturated heterocycles. The summed E-state index contributed by atoms with van der Waals surface area (Å²) in [7, 11) is 0. The molecule has 1 unspecified atom stereocenters. The van der Waals surface area contributed by atoms with Crippen LogP contribution in [0.25, 0.3) is 0 Å². The van der Waals surface area contributed by atoms with Gasteiger partial charge < -0.3 is 0 Å². The van der Waals surface area contributed by atoms with Gasteiger partial charge in [-0.05, 0) is 12.5 Å². The molecule has 3 rings (SSSR count). The molecular weight excluding hydrogens is 206 g/mol. The van der Waals surface area contributed by atoms with Gasteiger partial charge in [0, 0.05) is 32.0 Å². The molecular formula is C10H13N5O. The van der Waals surface area contributed by atoms with Crippen molar-refractivity contribution in [3.05, 3.63) is 30.4 Å². The maximum atomic E-state index is 4.58. The van der Waals surface area contributed by atoms with E-state index in [1.807, 2.05) is 23.1 Å². The Labute approximate surface area is 92.8 Å². The van der Waals surface area contributed by atoms with Crippen LogP contribution >= 0.6 is 0 Å². The number of likely N-dealkylation sites (tertiary alicyclic amines) is 1. The Morgan fingerprint density at radius 3 is 3.25 bits per heavy atom. The quantitative estimate of drug-likeness (QED) is 0.761. The molecule has 1 aliphatic heterocycles. The van der Waals surface area contributed by atoms with Gasteiger partial charge in [-0.2, -0.15) is 5.10 Å². The Balaban J connectivity index is 1.61. The number of aromatic nitrogens is 4. The third kappa shape index (κ3) is 1.83. The highest BCUT2D eigenvalue weighted by molar-refractivity contribution is 4.92. The molecule has 1 atom stereocenters. The van der Waals surface area contributed by atoms with Gasteiger partial charge in [-0.15, -0.1) is 0 Å². The van der Waals surface area contributed by atoms with E-state index in [-0.39, 0.29) is 0 Å². The predicted molar refractivity (Wildman–Crippen MR) is 55.5 cm³/mol. The summed E-state index contributed by atoms with van der Waals surface area (Å²) in [4.78, 5) is 2.34. The van der Waals surface area contributed by atoms with E-state index in [0.717, 1.165) is 31.7 Å². The first-order chi connectivity index (χ1) is 7.92. The fourth-order valence-corrected chi connectivity index (χ4v) is 2.15. The van der Waals surface area contributed by atoms with Crippen molar-refractivity contribution in [3.8, 4) is 0 Å². The SMILES string of the molecule is c1cnn(C2CCN(Cc3cnon3)C2)c1. The molecule has 1 fully saturated rings. The Morgan fingerprint density at radius 2 is 2.50 bits per heavy atom. The predicted octanol–water partition coefficient (Wildman–Crippen LogP) is 0.713. The van der Waals surface area contributed by atoms with Gasteiger partial charge in [0.05, 0.1) is 12.2 Å². The molecule has 0 bridgehead atoms. The Kier molecular flexibility index (Phi) is 2.41. The molecule has 2 aromatic heterocycles. The van der Waals surface area contributed by atoms with Crippen LogP contribution in [0, 0.1) is 0 Å². The van der Waals surface area contributed by atoms with E-state index in [1.165, 1.54) is 0 Å². The van der Waals surface area contributed by atoms with Crippen LogP contribution in [0.2, 0.25) is 0 Å². The molecule has 2 aromatic rings. The van der Waals surface area contributed by atoms with Gasteiger partial charge in [0.1, 0.15) is 5.69 Å². The van der Waals surface area contributed by atoms with Crippen LogP contribution < -0.4 is 0 Å². The number of rotatable bonds is 3. The molecule has 3 heterocycles. The molecule has 6 heteroatoms. The standard InChI is InChI=1S/C10H13N5O/c1-3-11-15(4-1)10-2-5-14(8-10)7-9-6-12-16-13-9/h1,3-4,6,10H,2,5,7-8H2. The molecule has 0 amide bonds. The average Bonchev–Trinajstić information content (AvgIpc) is 2.99. The summed E-state index contributed by atoms with van der Waals surface area (Å²) >= 11 is 0. The molecule has 0 aliphatic carbocycles. The zero-order valence-corrected chi connectivity index (χ0v) is 8.86. The van der Waals surface area contributed by atoms with Gasteiger partial charge >= 0.3 is 0 Å². The van der Waals surface area contributed by atoms with E-state index in [9.17, 15) is 0 Å². The minimum Gasteiger partial charge on any atom is -0.295 e. The minimum absolute atomic E-state index is 0.481. The highest BCUT2D eigenvalue weighted by atomic mass is 16.6. The van der Waals surface area contributed by atoms with Crippen molar-refractivity contribution in [1.29, 1.82) is 0 Å². The first-order valence-corrected chi connectivity index (χ1v) is 5.40. The molecule has 0 saturated carbocycles. The van der Waals surface area contributed by atoms with E-state index in [2.05, 4.69) is 24.9 Å². The van der Waals surface area contributed by atoms with E-state index in [1.54, 1.807) is 6.20 Å². The maximum Gasteiger partial charge on any atom is 0.119 e. The molecule has 0 N–H and O–H groups in total. The smallest absolute Gasteiger partial charge is 0.119 e. The first kappa shape index (κ1) is 9.53. The van der Waals surface area contributed by atoms with Gasteiger partial charge in [-0.1, -0.05) is 10.3 Å². The lowest BCUT2D eigenvalue weighted by Crippen LogP contribution is -2.21. The fraction of sp³-hybridized carbons (Fsp3) is 0.500. The largest absolute Gasteiger partial charge is 0.295 e. The number of hydrogen-bond donors (Lipinski definition) is 0. The lowest BCUT2D eigenvalue weighted by atomic mass is 10.3. The molecule has 0 aromatic carbocycles.